The van der Waals surface area contributed by atoms with Gasteiger partial charge in [0, 0.05) is 6.07 Å². The average Bonchev–Trinajstić information content (AvgIpc) is 3.25. The second-order valence-electron chi connectivity index (χ2n) is 5.41. The number of methoxy groups -OCH3 is 1. The van der Waals surface area contributed by atoms with Gasteiger partial charge in [-0.05, 0) is 37.3 Å². The Morgan fingerprint density at radius 1 is 1.11 bits per heavy atom. The monoisotopic (exact) mass is 371 g/mol. The quantitative estimate of drug-likeness (QED) is 0.464. The molecule has 0 spiro atoms. The van der Waals surface area contributed by atoms with Gasteiger partial charge in [-0.25, -0.2) is 0 Å². The summed E-state index contributed by atoms with van der Waals surface area (Å²) in [5, 5.41) is 25.5. The molecule has 0 aliphatic heterocycles. The van der Waals surface area contributed by atoms with Crippen LogP contribution in [0, 0.1) is 27.2 Å². The topological polar surface area (TPSA) is 135 Å². The summed E-state index contributed by atoms with van der Waals surface area (Å²) in [6.07, 6.45) is 2.88. The minimum absolute atomic E-state index is 0.00312. The summed E-state index contributed by atoms with van der Waals surface area (Å²) >= 11 is 0. The predicted octanol–water partition coefficient (Wildman–Crippen LogP) is 4.24. The molecule has 1 aromatic carbocycles. The van der Waals surface area contributed by atoms with E-state index in [-0.39, 0.29) is 28.6 Å². The summed E-state index contributed by atoms with van der Waals surface area (Å²) in [5.74, 6) is 1.11. The molecule has 0 N–H and O–H groups in total. The lowest BCUT2D eigenvalue weighted by molar-refractivity contribution is -0.386. The van der Waals surface area contributed by atoms with E-state index in [4.69, 9.17) is 13.7 Å². The van der Waals surface area contributed by atoms with Crippen LogP contribution in [0.25, 0.3) is 23.5 Å². The Morgan fingerprint density at radius 2 is 1.89 bits per heavy atom. The largest absolute Gasteiger partial charge is 0.496 e. The molecular formula is C17H13N3O7. The van der Waals surface area contributed by atoms with Crippen molar-refractivity contribution in [2.24, 2.45) is 0 Å². The number of nitro groups is 2. The maximum absolute atomic E-state index is 11.0. The fourth-order valence-corrected chi connectivity index (χ4v) is 2.46. The molecule has 0 bridgehead atoms. The highest BCUT2D eigenvalue weighted by Gasteiger charge is 2.22. The van der Waals surface area contributed by atoms with Crippen LogP contribution in [0.3, 0.4) is 0 Å². The number of aromatic nitrogens is 1. The highest BCUT2D eigenvalue weighted by Crippen LogP contribution is 2.34. The Kier molecular flexibility index (Phi) is 4.71. The smallest absolute Gasteiger partial charge is 0.338 e. The molecular weight excluding hydrogens is 358 g/mol. The molecule has 138 valence electrons. The van der Waals surface area contributed by atoms with Crippen molar-refractivity contribution >= 4 is 23.5 Å². The first kappa shape index (κ1) is 17.9. The first-order chi connectivity index (χ1) is 12.9. The summed E-state index contributed by atoms with van der Waals surface area (Å²) in [4.78, 5) is 20.8. The molecule has 0 radical (unpaired) electrons. The second kappa shape index (κ2) is 7.12. The highest BCUT2D eigenvalue weighted by atomic mass is 16.6. The zero-order chi connectivity index (χ0) is 19.6. The number of hydrogen-bond donors (Lipinski definition) is 0. The summed E-state index contributed by atoms with van der Waals surface area (Å²) in [6, 6.07) is 7.46. The summed E-state index contributed by atoms with van der Waals surface area (Å²) in [6.45, 7) is 1.48. The van der Waals surface area contributed by atoms with E-state index in [0.29, 0.717) is 17.1 Å². The van der Waals surface area contributed by atoms with Gasteiger partial charge in [-0.3, -0.25) is 20.2 Å². The van der Waals surface area contributed by atoms with E-state index in [9.17, 15) is 20.2 Å². The van der Waals surface area contributed by atoms with Gasteiger partial charge in [0.15, 0.2) is 5.69 Å². The van der Waals surface area contributed by atoms with Crippen LogP contribution in [-0.2, 0) is 0 Å². The SMILES string of the molecule is COc1cc([N+](=O)[O-])ccc1-c1ccc(/C=C\c2onc(C)c2[N+](=O)[O-])o1. The van der Waals surface area contributed by atoms with Gasteiger partial charge in [-0.1, -0.05) is 5.16 Å². The van der Waals surface area contributed by atoms with Gasteiger partial charge in [-0.2, -0.15) is 0 Å². The molecule has 27 heavy (non-hydrogen) atoms. The number of nitro benzene ring substituents is 1. The molecule has 0 saturated carbocycles. The van der Waals surface area contributed by atoms with Gasteiger partial charge < -0.3 is 13.7 Å². The molecule has 3 aromatic rings. The second-order valence-corrected chi connectivity index (χ2v) is 5.41. The first-order valence-corrected chi connectivity index (χ1v) is 7.62. The maximum atomic E-state index is 11.0. The molecule has 0 aliphatic rings. The van der Waals surface area contributed by atoms with Crippen LogP contribution in [0.2, 0.25) is 0 Å². The lowest BCUT2D eigenvalue weighted by Crippen LogP contribution is -1.92. The van der Waals surface area contributed by atoms with E-state index >= 15 is 0 Å². The molecule has 10 nitrogen and oxygen atoms in total. The molecule has 0 aliphatic carbocycles. The highest BCUT2D eigenvalue weighted by molar-refractivity contribution is 5.73. The molecule has 0 amide bonds. The van der Waals surface area contributed by atoms with E-state index < -0.39 is 9.85 Å². The molecule has 0 fully saturated rings. The molecule has 0 saturated heterocycles. The Balaban J connectivity index is 1.90. The van der Waals surface area contributed by atoms with E-state index in [1.54, 1.807) is 12.1 Å². The number of nitrogens with zero attached hydrogens (tertiary/aromatic N) is 3. The third-order valence-corrected chi connectivity index (χ3v) is 3.73. The van der Waals surface area contributed by atoms with Gasteiger partial charge in [0.05, 0.1) is 28.6 Å². The van der Waals surface area contributed by atoms with Crippen LogP contribution < -0.4 is 4.74 Å². The number of aryl methyl sites for hydroxylation is 1. The van der Waals surface area contributed by atoms with Gasteiger partial charge >= 0.3 is 5.69 Å². The standard InChI is InChI=1S/C17H13N3O7/c1-10-17(20(23)24)15(27-18-10)8-5-12-4-7-14(26-12)13-6-3-11(19(21)22)9-16(13)25-2/h3-9H,1-2H3/b8-5-. The number of non-ortho nitro benzene ring substituents is 1. The molecule has 2 heterocycles. The zero-order valence-electron chi connectivity index (χ0n) is 14.2. The summed E-state index contributed by atoms with van der Waals surface area (Å²) in [5.41, 5.74) is 0.394. The van der Waals surface area contributed by atoms with Gasteiger partial charge in [0.2, 0.25) is 5.76 Å². The fourth-order valence-electron chi connectivity index (χ4n) is 2.46. The van der Waals surface area contributed by atoms with Gasteiger partial charge in [0.25, 0.3) is 5.69 Å². The van der Waals surface area contributed by atoms with Gasteiger partial charge in [0.1, 0.15) is 17.3 Å². The number of ether oxygens (including phenoxy) is 1. The van der Waals surface area contributed by atoms with E-state index in [1.165, 1.54) is 44.4 Å². The van der Waals surface area contributed by atoms with Crippen LogP contribution >= 0.6 is 0 Å². The molecule has 3 rings (SSSR count). The van der Waals surface area contributed by atoms with Crippen molar-refractivity contribution in [1.82, 2.24) is 5.16 Å². The average molecular weight is 371 g/mol. The number of hydrogen-bond acceptors (Lipinski definition) is 8. The van der Waals surface area contributed by atoms with Crippen LogP contribution in [0.5, 0.6) is 5.75 Å². The summed E-state index contributed by atoms with van der Waals surface area (Å²) in [7, 11) is 1.40. The van der Waals surface area contributed by atoms with E-state index in [1.807, 2.05) is 0 Å². The normalized spacial score (nSPS) is 11.0. The lowest BCUT2D eigenvalue weighted by atomic mass is 10.1. The first-order valence-electron chi connectivity index (χ1n) is 7.62. The molecule has 0 unspecified atom stereocenters. The maximum Gasteiger partial charge on any atom is 0.338 e. The minimum atomic E-state index is -0.569. The van der Waals surface area contributed by atoms with Crippen LogP contribution in [-0.4, -0.2) is 22.1 Å². The number of furan rings is 1. The Morgan fingerprint density at radius 3 is 2.56 bits per heavy atom. The molecule has 2 aromatic heterocycles. The van der Waals surface area contributed by atoms with Crippen molar-refractivity contribution in [2.75, 3.05) is 7.11 Å². The van der Waals surface area contributed by atoms with Gasteiger partial charge in [-0.15, -0.1) is 0 Å². The van der Waals surface area contributed by atoms with Crippen molar-refractivity contribution in [3.05, 3.63) is 67.8 Å². The molecule has 0 atom stereocenters. The van der Waals surface area contributed by atoms with Crippen molar-refractivity contribution < 1.29 is 23.5 Å². The zero-order valence-corrected chi connectivity index (χ0v) is 14.2. The Labute approximate surface area is 151 Å². The molecule has 10 heteroatoms. The Hall–Kier alpha value is -3.95. The van der Waals surface area contributed by atoms with E-state index in [2.05, 4.69) is 5.16 Å². The summed E-state index contributed by atoms with van der Waals surface area (Å²) < 4.78 is 15.8. The minimum Gasteiger partial charge on any atom is -0.496 e. The number of rotatable bonds is 6. The van der Waals surface area contributed by atoms with Crippen molar-refractivity contribution in [3.8, 4) is 17.1 Å². The fraction of sp³-hybridized carbons (Fsp3) is 0.118. The van der Waals surface area contributed by atoms with Crippen molar-refractivity contribution in [1.29, 1.82) is 0 Å². The lowest BCUT2D eigenvalue weighted by Gasteiger charge is -2.05. The van der Waals surface area contributed by atoms with Crippen molar-refractivity contribution in [2.45, 2.75) is 6.92 Å². The third kappa shape index (κ3) is 3.54. The Bertz CT molecular complexity index is 1050. The predicted molar refractivity (Wildman–Crippen MR) is 94.2 cm³/mol. The van der Waals surface area contributed by atoms with Crippen LogP contribution in [0.4, 0.5) is 11.4 Å². The van der Waals surface area contributed by atoms with Crippen LogP contribution in [0.1, 0.15) is 17.2 Å². The van der Waals surface area contributed by atoms with Crippen LogP contribution in [0.15, 0.2) is 39.3 Å². The third-order valence-electron chi connectivity index (χ3n) is 3.73. The van der Waals surface area contributed by atoms with E-state index in [0.717, 1.165) is 0 Å². The van der Waals surface area contributed by atoms with Crippen molar-refractivity contribution in [3.63, 3.8) is 0 Å². The number of benzene rings is 1.